The third kappa shape index (κ3) is 3.79. The van der Waals surface area contributed by atoms with E-state index in [1.165, 1.54) is 16.2 Å². The van der Waals surface area contributed by atoms with Crippen molar-refractivity contribution in [1.82, 2.24) is 4.98 Å². The van der Waals surface area contributed by atoms with Crippen molar-refractivity contribution < 1.29 is 13.9 Å². The molecule has 1 amide bonds. The molecule has 0 saturated carbocycles. The Balaban J connectivity index is 1.43. The van der Waals surface area contributed by atoms with Crippen molar-refractivity contribution in [2.45, 2.75) is 12.6 Å². The van der Waals surface area contributed by atoms with Gasteiger partial charge in [-0.25, -0.2) is 4.98 Å². The van der Waals surface area contributed by atoms with Crippen LogP contribution in [0, 0.1) is 0 Å². The predicted molar refractivity (Wildman–Crippen MR) is 135 cm³/mol. The van der Waals surface area contributed by atoms with Crippen LogP contribution in [0.5, 0.6) is 5.75 Å². The third-order valence-electron chi connectivity index (χ3n) is 5.90. The van der Waals surface area contributed by atoms with Crippen LogP contribution in [0.1, 0.15) is 33.3 Å². The minimum Gasteiger partial charge on any atom is -0.489 e. The monoisotopic (exact) mass is 500 g/mol. The molecular formula is C27H17ClN2O4S. The molecule has 5 aromatic rings. The zero-order chi connectivity index (χ0) is 23.9. The molecule has 0 saturated heterocycles. The number of carbonyl (C=O) groups excluding carboxylic acids is 1. The lowest BCUT2D eigenvalue weighted by molar-refractivity contribution is 0.0971. The summed E-state index contributed by atoms with van der Waals surface area (Å²) >= 11 is 7.46. The number of benzene rings is 3. The molecule has 6 nitrogen and oxygen atoms in total. The molecule has 172 valence electrons. The average Bonchev–Trinajstić information content (AvgIpc) is 3.51. The molecular weight excluding hydrogens is 484 g/mol. The Morgan fingerprint density at radius 3 is 2.57 bits per heavy atom. The molecule has 3 heterocycles. The van der Waals surface area contributed by atoms with Gasteiger partial charge in [0.05, 0.1) is 17.0 Å². The molecule has 2 aromatic heterocycles. The SMILES string of the molecule is O=C1c2oc3ccc(Cl)cc3c(=O)c2C(c2ccc(OCc3ccccc3)cc2)N1c1nccs1. The van der Waals surface area contributed by atoms with Gasteiger partial charge in [0.25, 0.3) is 5.91 Å². The summed E-state index contributed by atoms with van der Waals surface area (Å²) < 4.78 is 11.9. The van der Waals surface area contributed by atoms with E-state index in [1.807, 2.05) is 54.6 Å². The predicted octanol–water partition coefficient (Wildman–Crippen LogP) is 6.23. The summed E-state index contributed by atoms with van der Waals surface area (Å²) in [6.45, 7) is 0.437. The number of carbonyl (C=O) groups is 1. The Kier molecular flexibility index (Phi) is 5.36. The molecule has 0 spiro atoms. The smallest absolute Gasteiger partial charge is 0.297 e. The van der Waals surface area contributed by atoms with Gasteiger partial charge >= 0.3 is 0 Å². The van der Waals surface area contributed by atoms with Crippen molar-refractivity contribution >= 4 is 44.9 Å². The zero-order valence-electron chi connectivity index (χ0n) is 18.2. The Labute approximate surface area is 209 Å². The molecule has 1 aliphatic heterocycles. The van der Waals surface area contributed by atoms with Gasteiger partial charge in [-0.15, -0.1) is 11.3 Å². The Hall–Kier alpha value is -3.94. The number of thiazole rings is 1. The number of anilines is 1. The van der Waals surface area contributed by atoms with Crippen LogP contribution < -0.4 is 15.1 Å². The molecule has 6 rings (SSSR count). The molecule has 1 unspecified atom stereocenters. The quantitative estimate of drug-likeness (QED) is 0.286. The molecule has 0 fully saturated rings. The lowest BCUT2D eigenvalue weighted by Gasteiger charge is -2.22. The molecule has 1 atom stereocenters. The molecule has 1 aliphatic rings. The second-order valence-electron chi connectivity index (χ2n) is 8.05. The fourth-order valence-electron chi connectivity index (χ4n) is 4.28. The summed E-state index contributed by atoms with van der Waals surface area (Å²) in [5, 5.41) is 3.02. The van der Waals surface area contributed by atoms with E-state index in [0.29, 0.717) is 33.5 Å². The highest BCUT2D eigenvalue weighted by Crippen LogP contribution is 2.42. The summed E-state index contributed by atoms with van der Waals surface area (Å²) in [5.74, 6) is 0.299. The molecule has 0 bridgehead atoms. The number of fused-ring (bicyclic) bond motifs is 2. The topological polar surface area (TPSA) is 72.6 Å². The van der Waals surface area contributed by atoms with E-state index in [9.17, 15) is 9.59 Å². The normalized spacial score (nSPS) is 14.9. The molecule has 3 aromatic carbocycles. The lowest BCUT2D eigenvalue weighted by Crippen LogP contribution is -2.29. The third-order valence-corrected chi connectivity index (χ3v) is 6.91. The average molecular weight is 501 g/mol. The maximum absolute atomic E-state index is 13.6. The number of ether oxygens (including phenoxy) is 1. The summed E-state index contributed by atoms with van der Waals surface area (Å²) in [6.07, 6.45) is 1.62. The Morgan fingerprint density at radius 1 is 1.03 bits per heavy atom. The number of hydrogen-bond acceptors (Lipinski definition) is 6. The number of halogens is 1. The Morgan fingerprint density at radius 2 is 1.83 bits per heavy atom. The second-order valence-corrected chi connectivity index (χ2v) is 9.36. The van der Waals surface area contributed by atoms with Crippen molar-refractivity contribution in [2.24, 2.45) is 0 Å². The summed E-state index contributed by atoms with van der Waals surface area (Å²) in [7, 11) is 0. The van der Waals surface area contributed by atoms with Gasteiger partial charge in [0, 0.05) is 16.6 Å². The van der Waals surface area contributed by atoms with E-state index in [1.54, 1.807) is 29.8 Å². The lowest BCUT2D eigenvalue weighted by atomic mass is 9.98. The summed E-state index contributed by atoms with van der Waals surface area (Å²) in [5.41, 5.74) is 2.11. The minimum absolute atomic E-state index is 0.0226. The molecule has 0 N–H and O–H groups in total. The van der Waals surface area contributed by atoms with Gasteiger partial charge in [0.2, 0.25) is 5.76 Å². The largest absolute Gasteiger partial charge is 0.489 e. The van der Waals surface area contributed by atoms with Crippen LogP contribution in [-0.2, 0) is 6.61 Å². The molecule has 0 aliphatic carbocycles. The van der Waals surface area contributed by atoms with E-state index >= 15 is 0 Å². The number of aromatic nitrogens is 1. The highest BCUT2D eigenvalue weighted by atomic mass is 35.5. The highest BCUT2D eigenvalue weighted by molar-refractivity contribution is 7.13. The number of nitrogens with zero attached hydrogens (tertiary/aromatic N) is 2. The van der Waals surface area contributed by atoms with Crippen LogP contribution in [0.2, 0.25) is 5.02 Å². The number of rotatable bonds is 5. The van der Waals surface area contributed by atoms with Crippen molar-refractivity contribution in [3.63, 3.8) is 0 Å². The second kappa shape index (κ2) is 8.69. The van der Waals surface area contributed by atoms with Crippen LogP contribution in [0.4, 0.5) is 5.13 Å². The van der Waals surface area contributed by atoms with Crippen LogP contribution >= 0.6 is 22.9 Å². The first kappa shape index (κ1) is 21.6. The number of hydrogen-bond donors (Lipinski definition) is 0. The fourth-order valence-corrected chi connectivity index (χ4v) is 5.12. The van der Waals surface area contributed by atoms with Crippen molar-refractivity contribution in [2.75, 3.05) is 4.90 Å². The molecule has 0 radical (unpaired) electrons. The van der Waals surface area contributed by atoms with Gasteiger partial charge in [-0.3, -0.25) is 14.5 Å². The van der Waals surface area contributed by atoms with E-state index < -0.39 is 11.9 Å². The van der Waals surface area contributed by atoms with Gasteiger partial charge < -0.3 is 9.15 Å². The fraction of sp³-hybridized carbons (Fsp3) is 0.0741. The highest BCUT2D eigenvalue weighted by Gasteiger charge is 2.44. The van der Waals surface area contributed by atoms with Crippen LogP contribution in [0.25, 0.3) is 11.0 Å². The van der Waals surface area contributed by atoms with E-state index in [0.717, 1.165) is 11.1 Å². The van der Waals surface area contributed by atoms with Crippen molar-refractivity contribution in [1.29, 1.82) is 0 Å². The van der Waals surface area contributed by atoms with Gasteiger partial charge in [0.1, 0.15) is 17.9 Å². The van der Waals surface area contributed by atoms with E-state index in [2.05, 4.69) is 4.98 Å². The first-order valence-electron chi connectivity index (χ1n) is 10.9. The summed E-state index contributed by atoms with van der Waals surface area (Å²) in [4.78, 5) is 32.9. The van der Waals surface area contributed by atoms with Gasteiger partial charge in [-0.1, -0.05) is 54.1 Å². The standard InChI is InChI=1S/C27H17ClN2O4S/c28-18-8-11-21-20(14-18)24(31)22-23(30(26(32)25(22)34-21)27-29-12-13-35-27)17-6-9-19(10-7-17)33-15-16-4-2-1-3-5-16/h1-14,23H,15H2. The summed E-state index contributed by atoms with van der Waals surface area (Å²) in [6, 6.07) is 21.4. The first-order valence-corrected chi connectivity index (χ1v) is 12.1. The molecule has 35 heavy (non-hydrogen) atoms. The Bertz CT molecular complexity index is 1600. The molecule has 8 heteroatoms. The number of amides is 1. The maximum atomic E-state index is 13.6. The van der Waals surface area contributed by atoms with E-state index in [4.69, 9.17) is 20.8 Å². The van der Waals surface area contributed by atoms with Crippen molar-refractivity contribution in [3.05, 3.63) is 122 Å². The van der Waals surface area contributed by atoms with E-state index in [-0.39, 0.29) is 16.8 Å². The first-order chi connectivity index (χ1) is 17.1. The van der Waals surface area contributed by atoms with Crippen LogP contribution in [0.15, 0.2) is 93.6 Å². The van der Waals surface area contributed by atoms with Crippen LogP contribution in [-0.4, -0.2) is 10.9 Å². The van der Waals surface area contributed by atoms with Gasteiger partial charge in [-0.2, -0.15) is 0 Å². The maximum Gasteiger partial charge on any atom is 0.297 e. The van der Waals surface area contributed by atoms with Gasteiger partial charge in [0.15, 0.2) is 10.6 Å². The zero-order valence-corrected chi connectivity index (χ0v) is 19.8. The van der Waals surface area contributed by atoms with Crippen molar-refractivity contribution in [3.8, 4) is 5.75 Å². The van der Waals surface area contributed by atoms with Gasteiger partial charge in [-0.05, 0) is 41.5 Å². The minimum atomic E-state index is -0.688. The van der Waals surface area contributed by atoms with Crippen LogP contribution in [0.3, 0.4) is 0 Å².